The third kappa shape index (κ3) is 4.76. The Balaban J connectivity index is 1.28. The summed E-state index contributed by atoms with van der Waals surface area (Å²) in [4.78, 5) is 11.0. The van der Waals surface area contributed by atoms with Gasteiger partial charge in [-0.25, -0.2) is 14.6 Å². The first-order chi connectivity index (χ1) is 15.8. The Labute approximate surface area is 188 Å². The van der Waals surface area contributed by atoms with E-state index in [9.17, 15) is 0 Å². The Morgan fingerprint density at radius 3 is 2.53 bits per heavy atom. The van der Waals surface area contributed by atoms with Crippen LogP contribution in [0.3, 0.4) is 0 Å². The van der Waals surface area contributed by atoms with Crippen LogP contribution in [-0.2, 0) is 4.74 Å². The van der Waals surface area contributed by atoms with Crippen LogP contribution in [0.2, 0.25) is 0 Å². The molecular weight excluding hydrogens is 404 g/mol. The minimum absolute atomic E-state index is 0.343. The highest BCUT2D eigenvalue weighted by molar-refractivity contribution is 5.64. The Morgan fingerprint density at radius 1 is 1.00 bits per heavy atom. The quantitative estimate of drug-likeness (QED) is 0.637. The molecule has 0 radical (unpaired) electrons. The molecule has 5 rings (SSSR count). The fraction of sp³-hybridized carbons (Fsp3) is 0.458. The zero-order chi connectivity index (χ0) is 21.8. The number of anilines is 1. The summed E-state index contributed by atoms with van der Waals surface area (Å²) in [5.41, 5.74) is 9.91. The minimum Gasteiger partial charge on any atom is -0.489 e. The molecule has 1 aliphatic carbocycles. The van der Waals surface area contributed by atoms with Gasteiger partial charge in [-0.1, -0.05) is 0 Å². The maximum absolute atomic E-state index is 6.15. The Bertz CT molecular complexity index is 1010. The van der Waals surface area contributed by atoms with Crippen LogP contribution in [0.1, 0.15) is 25.7 Å². The molecule has 2 aliphatic rings. The topological polar surface area (TPSA) is 91.3 Å². The van der Waals surface area contributed by atoms with Gasteiger partial charge in [0.05, 0.1) is 37.9 Å². The molecule has 2 fully saturated rings. The first-order valence-electron chi connectivity index (χ1n) is 11.4. The van der Waals surface area contributed by atoms with Crippen molar-refractivity contribution in [2.45, 2.75) is 31.7 Å². The predicted octanol–water partition coefficient (Wildman–Crippen LogP) is 3.06. The smallest absolute Gasteiger partial charge is 0.163 e. The third-order valence-corrected chi connectivity index (χ3v) is 6.39. The van der Waals surface area contributed by atoms with Crippen LogP contribution in [0.4, 0.5) is 5.69 Å². The number of nitrogens with two attached hydrogens (primary N) is 1. The summed E-state index contributed by atoms with van der Waals surface area (Å²) >= 11 is 0. The van der Waals surface area contributed by atoms with E-state index in [0.717, 1.165) is 68.9 Å². The zero-order valence-electron chi connectivity index (χ0n) is 18.3. The fourth-order valence-corrected chi connectivity index (χ4v) is 4.43. The van der Waals surface area contributed by atoms with Crippen LogP contribution in [0.15, 0.2) is 49.2 Å². The van der Waals surface area contributed by atoms with E-state index >= 15 is 0 Å². The predicted molar refractivity (Wildman–Crippen MR) is 123 cm³/mol. The second-order valence-electron chi connectivity index (χ2n) is 8.62. The van der Waals surface area contributed by atoms with Crippen LogP contribution < -0.4 is 15.4 Å². The standard InChI is InChI=1S/C24H30N6O2/c25-20-3-1-18(2-4-20)16-32-23-14-26-17-27-24(23)19-13-28-30(15-19)22-7-5-21(6-8-22)29-9-11-31-12-10-29/h5-8,13-15,17-18,20H,1-4,9-12,16,25H2. The van der Waals surface area contributed by atoms with Crippen molar-refractivity contribution in [1.29, 1.82) is 0 Å². The Hall–Kier alpha value is -2.97. The van der Waals surface area contributed by atoms with Crippen molar-refractivity contribution in [3.8, 4) is 22.7 Å². The monoisotopic (exact) mass is 434 g/mol. The summed E-state index contributed by atoms with van der Waals surface area (Å²) in [5, 5.41) is 4.56. The lowest BCUT2D eigenvalue weighted by Gasteiger charge is -2.28. The molecule has 3 heterocycles. The van der Waals surface area contributed by atoms with Gasteiger partial charge in [-0.2, -0.15) is 5.10 Å². The first kappa shape index (κ1) is 20.9. The van der Waals surface area contributed by atoms with E-state index in [2.05, 4.69) is 44.2 Å². The van der Waals surface area contributed by atoms with E-state index < -0.39 is 0 Å². The lowest BCUT2D eigenvalue weighted by atomic mass is 9.87. The molecule has 0 atom stereocenters. The molecule has 0 unspecified atom stereocenters. The molecule has 8 nitrogen and oxygen atoms in total. The second-order valence-corrected chi connectivity index (χ2v) is 8.62. The Morgan fingerprint density at radius 2 is 1.75 bits per heavy atom. The van der Waals surface area contributed by atoms with Crippen molar-refractivity contribution in [3.63, 3.8) is 0 Å². The van der Waals surface area contributed by atoms with Crippen molar-refractivity contribution in [2.75, 3.05) is 37.8 Å². The molecule has 32 heavy (non-hydrogen) atoms. The SMILES string of the molecule is NC1CCC(COc2cncnc2-c2cnn(-c3ccc(N4CCOCC4)cc3)c2)CC1. The first-order valence-corrected chi connectivity index (χ1v) is 11.4. The van der Waals surface area contributed by atoms with Gasteiger partial charge in [0.1, 0.15) is 12.0 Å². The average Bonchev–Trinajstić information content (AvgIpc) is 3.35. The molecule has 1 aliphatic heterocycles. The molecule has 2 aromatic heterocycles. The third-order valence-electron chi connectivity index (χ3n) is 6.39. The van der Waals surface area contributed by atoms with Gasteiger partial charge in [0.15, 0.2) is 5.75 Å². The number of morpholine rings is 1. The number of rotatable bonds is 6. The number of hydrogen-bond acceptors (Lipinski definition) is 7. The van der Waals surface area contributed by atoms with Gasteiger partial charge >= 0.3 is 0 Å². The largest absolute Gasteiger partial charge is 0.489 e. The van der Waals surface area contributed by atoms with E-state index in [4.69, 9.17) is 15.2 Å². The molecule has 8 heteroatoms. The summed E-state index contributed by atoms with van der Waals surface area (Å²) < 4.78 is 13.5. The number of ether oxygens (including phenoxy) is 2. The van der Waals surface area contributed by atoms with E-state index in [1.165, 1.54) is 5.69 Å². The van der Waals surface area contributed by atoms with Crippen molar-refractivity contribution >= 4 is 5.69 Å². The van der Waals surface area contributed by atoms with E-state index in [-0.39, 0.29) is 0 Å². The number of hydrogen-bond donors (Lipinski definition) is 1. The van der Waals surface area contributed by atoms with E-state index in [0.29, 0.717) is 24.3 Å². The van der Waals surface area contributed by atoms with Gasteiger partial charge in [0.2, 0.25) is 0 Å². The normalized spacial score (nSPS) is 21.5. The van der Waals surface area contributed by atoms with Crippen LogP contribution >= 0.6 is 0 Å². The van der Waals surface area contributed by atoms with Crippen molar-refractivity contribution < 1.29 is 9.47 Å². The summed E-state index contributed by atoms with van der Waals surface area (Å²) in [6.07, 6.45) is 11.5. The molecule has 1 saturated carbocycles. The second kappa shape index (κ2) is 9.67. The molecular formula is C24H30N6O2. The van der Waals surface area contributed by atoms with Crippen LogP contribution in [0.25, 0.3) is 16.9 Å². The molecule has 3 aromatic rings. The fourth-order valence-electron chi connectivity index (χ4n) is 4.43. The van der Waals surface area contributed by atoms with Gasteiger partial charge in [0, 0.05) is 36.6 Å². The van der Waals surface area contributed by atoms with Crippen LogP contribution in [-0.4, -0.2) is 58.7 Å². The highest BCUT2D eigenvalue weighted by atomic mass is 16.5. The highest BCUT2D eigenvalue weighted by Gasteiger charge is 2.20. The van der Waals surface area contributed by atoms with Gasteiger partial charge in [0.25, 0.3) is 0 Å². The molecule has 1 aromatic carbocycles. The lowest BCUT2D eigenvalue weighted by Crippen LogP contribution is -2.36. The lowest BCUT2D eigenvalue weighted by molar-refractivity contribution is 0.122. The van der Waals surface area contributed by atoms with Gasteiger partial charge in [-0.05, 0) is 55.9 Å². The number of benzene rings is 1. The maximum atomic E-state index is 6.15. The summed E-state index contributed by atoms with van der Waals surface area (Å²) in [5.74, 6) is 1.24. The van der Waals surface area contributed by atoms with Gasteiger partial charge < -0.3 is 20.1 Å². The number of aromatic nitrogens is 4. The summed E-state index contributed by atoms with van der Waals surface area (Å²) in [7, 11) is 0. The highest BCUT2D eigenvalue weighted by Crippen LogP contribution is 2.30. The molecule has 168 valence electrons. The average molecular weight is 435 g/mol. The van der Waals surface area contributed by atoms with E-state index in [1.807, 2.05) is 17.1 Å². The van der Waals surface area contributed by atoms with Crippen LogP contribution in [0.5, 0.6) is 5.75 Å². The molecule has 2 N–H and O–H groups in total. The van der Waals surface area contributed by atoms with Crippen molar-refractivity contribution in [2.24, 2.45) is 11.7 Å². The Kier molecular flexibility index (Phi) is 6.31. The minimum atomic E-state index is 0.343. The zero-order valence-corrected chi connectivity index (χ0v) is 18.3. The molecule has 0 spiro atoms. The number of nitrogens with zero attached hydrogens (tertiary/aromatic N) is 5. The summed E-state index contributed by atoms with van der Waals surface area (Å²) in [6.45, 7) is 4.08. The van der Waals surface area contributed by atoms with Crippen molar-refractivity contribution in [3.05, 3.63) is 49.2 Å². The van der Waals surface area contributed by atoms with Gasteiger partial charge in [-0.15, -0.1) is 0 Å². The molecule has 1 saturated heterocycles. The van der Waals surface area contributed by atoms with Crippen LogP contribution in [0, 0.1) is 5.92 Å². The van der Waals surface area contributed by atoms with Crippen molar-refractivity contribution in [1.82, 2.24) is 19.7 Å². The summed E-state index contributed by atoms with van der Waals surface area (Å²) in [6, 6.07) is 8.80. The van der Waals surface area contributed by atoms with Gasteiger partial charge in [-0.3, -0.25) is 0 Å². The van der Waals surface area contributed by atoms with E-state index in [1.54, 1.807) is 12.5 Å². The molecule has 0 bridgehead atoms. The molecule has 0 amide bonds. The maximum Gasteiger partial charge on any atom is 0.163 e.